The van der Waals surface area contributed by atoms with E-state index in [0.717, 1.165) is 19.3 Å². The number of nitrogens with two attached hydrogens (primary N) is 1. The van der Waals surface area contributed by atoms with E-state index in [1.54, 1.807) is 0 Å². The fraction of sp³-hybridized carbons (Fsp3) is 0.833. The maximum absolute atomic E-state index is 11.7. The molecule has 0 aromatic rings. The zero-order valence-electron chi connectivity index (χ0n) is 10.5. The van der Waals surface area contributed by atoms with Gasteiger partial charge in [0, 0.05) is 6.04 Å². The van der Waals surface area contributed by atoms with Crippen LogP contribution in [0.3, 0.4) is 0 Å². The summed E-state index contributed by atoms with van der Waals surface area (Å²) in [5.74, 6) is -1.40. The summed E-state index contributed by atoms with van der Waals surface area (Å²) in [6, 6.07) is -0.853. The minimum absolute atomic E-state index is 0.0663. The van der Waals surface area contributed by atoms with Crippen LogP contribution in [-0.2, 0) is 9.59 Å². The van der Waals surface area contributed by atoms with E-state index in [1.807, 2.05) is 0 Å². The van der Waals surface area contributed by atoms with Crippen LogP contribution in [0.2, 0.25) is 0 Å². The molecule has 98 valence electrons. The average Bonchev–Trinajstić information content (AvgIpc) is 2.19. The van der Waals surface area contributed by atoms with Gasteiger partial charge in [-0.2, -0.15) is 0 Å². The van der Waals surface area contributed by atoms with Crippen molar-refractivity contribution < 1.29 is 14.7 Å². The number of aliphatic carboxylic acids is 1. The molecule has 4 N–H and O–H groups in total. The molecule has 1 amide bonds. The summed E-state index contributed by atoms with van der Waals surface area (Å²) in [7, 11) is 0. The van der Waals surface area contributed by atoms with Crippen molar-refractivity contribution in [2.45, 2.75) is 58.0 Å². The molecule has 1 rings (SSSR count). The van der Waals surface area contributed by atoms with E-state index in [1.165, 1.54) is 6.42 Å². The molecule has 0 aliphatic heterocycles. The van der Waals surface area contributed by atoms with Crippen LogP contribution in [0.15, 0.2) is 0 Å². The average molecular weight is 242 g/mol. The zero-order valence-corrected chi connectivity index (χ0v) is 10.5. The molecule has 0 spiro atoms. The number of hydrogen-bond donors (Lipinski definition) is 3. The van der Waals surface area contributed by atoms with Crippen molar-refractivity contribution >= 4 is 11.9 Å². The number of nitrogens with one attached hydrogen (secondary N) is 1. The van der Waals surface area contributed by atoms with E-state index in [0.29, 0.717) is 0 Å². The predicted molar refractivity (Wildman–Crippen MR) is 64.4 cm³/mol. The van der Waals surface area contributed by atoms with Gasteiger partial charge in [-0.25, -0.2) is 0 Å². The molecule has 1 aliphatic carbocycles. The molecule has 17 heavy (non-hydrogen) atoms. The van der Waals surface area contributed by atoms with E-state index in [-0.39, 0.29) is 23.8 Å². The molecule has 1 aliphatic rings. The number of rotatable bonds is 4. The van der Waals surface area contributed by atoms with Gasteiger partial charge in [0.1, 0.15) is 0 Å². The molecule has 0 heterocycles. The van der Waals surface area contributed by atoms with Crippen molar-refractivity contribution in [3.63, 3.8) is 0 Å². The van der Waals surface area contributed by atoms with Crippen LogP contribution in [0.25, 0.3) is 0 Å². The van der Waals surface area contributed by atoms with Crippen molar-refractivity contribution in [3.8, 4) is 0 Å². The molecular weight excluding hydrogens is 220 g/mol. The molecule has 0 saturated heterocycles. The quantitative estimate of drug-likeness (QED) is 0.682. The minimum Gasteiger partial charge on any atom is -0.481 e. The van der Waals surface area contributed by atoms with Crippen molar-refractivity contribution in [1.29, 1.82) is 0 Å². The van der Waals surface area contributed by atoms with E-state index in [4.69, 9.17) is 10.8 Å². The van der Waals surface area contributed by atoms with Crippen LogP contribution in [-0.4, -0.2) is 29.1 Å². The normalized spacial score (nSPS) is 25.0. The van der Waals surface area contributed by atoms with Gasteiger partial charge in [0.2, 0.25) is 5.91 Å². The largest absolute Gasteiger partial charge is 0.481 e. The van der Waals surface area contributed by atoms with E-state index in [2.05, 4.69) is 19.2 Å². The third-order valence-corrected chi connectivity index (χ3v) is 3.56. The van der Waals surface area contributed by atoms with Gasteiger partial charge < -0.3 is 16.2 Å². The number of carbonyl (C=O) groups is 2. The van der Waals surface area contributed by atoms with Crippen molar-refractivity contribution in [2.24, 2.45) is 11.1 Å². The monoisotopic (exact) mass is 242 g/mol. The number of amides is 1. The molecule has 1 saturated carbocycles. The van der Waals surface area contributed by atoms with Gasteiger partial charge in [0.25, 0.3) is 0 Å². The lowest BCUT2D eigenvalue weighted by Gasteiger charge is -2.39. The van der Waals surface area contributed by atoms with Gasteiger partial charge >= 0.3 is 5.97 Å². The Labute approximate surface area is 102 Å². The molecule has 5 heteroatoms. The SMILES string of the molecule is CC1(C)CCCCC1NC(=O)C(N)CC(=O)O. The van der Waals surface area contributed by atoms with Crippen LogP contribution >= 0.6 is 0 Å². The van der Waals surface area contributed by atoms with E-state index in [9.17, 15) is 9.59 Å². The Balaban J connectivity index is 2.52. The first kappa shape index (κ1) is 14.0. The van der Waals surface area contributed by atoms with Crippen molar-refractivity contribution in [1.82, 2.24) is 5.32 Å². The maximum Gasteiger partial charge on any atom is 0.305 e. The van der Waals surface area contributed by atoms with Crippen LogP contribution < -0.4 is 11.1 Å². The van der Waals surface area contributed by atoms with Gasteiger partial charge in [0.05, 0.1) is 12.5 Å². The second kappa shape index (κ2) is 5.49. The lowest BCUT2D eigenvalue weighted by Crippen LogP contribution is -2.52. The first-order valence-electron chi connectivity index (χ1n) is 6.10. The summed E-state index contributed by atoms with van der Waals surface area (Å²) in [4.78, 5) is 22.2. The molecular formula is C12H22N2O3. The summed E-state index contributed by atoms with van der Waals surface area (Å²) >= 11 is 0. The molecule has 2 atom stereocenters. The summed E-state index contributed by atoms with van der Waals surface area (Å²) in [6.45, 7) is 4.25. The van der Waals surface area contributed by atoms with Gasteiger partial charge in [-0.1, -0.05) is 26.7 Å². The third-order valence-electron chi connectivity index (χ3n) is 3.56. The highest BCUT2D eigenvalue weighted by atomic mass is 16.4. The Bertz CT molecular complexity index is 302. The maximum atomic E-state index is 11.7. The summed E-state index contributed by atoms with van der Waals surface area (Å²) in [6.07, 6.45) is 3.98. The second-order valence-corrected chi connectivity index (χ2v) is 5.50. The molecule has 0 bridgehead atoms. The third kappa shape index (κ3) is 4.00. The van der Waals surface area contributed by atoms with Crippen LogP contribution in [0.4, 0.5) is 0 Å². The Hall–Kier alpha value is -1.10. The molecule has 0 radical (unpaired) electrons. The molecule has 1 fully saturated rings. The topological polar surface area (TPSA) is 92.4 Å². The van der Waals surface area contributed by atoms with Crippen LogP contribution in [0, 0.1) is 5.41 Å². The second-order valence-electron chi connectivity index (χ2n) is 5.50. The molecule has 0 aromatic heterocycles. The summed E-state index contributed by atoms with van der Waals surface area (Å²) < 4.78 is 0. The molecule has 2 unspecified atom stereocenters. The number of carbonyl (C=O) groups excluding carboxylic acids is 1. The predicted octanol–water partition coefficient (Wildman–Crippen LogP) is 0.873. The van der Waals surface area contributed by atoms with E-state index >= 15 is 0 Å². The number of hydrogen-bond acceptors (Lipinski definition) is 3. The standard InChI is InChI=1S/C12H22N2O3/c1-12(2)6-4-3-5-9(12)14-11(17)8(13)7-10(15)16/h8-9H,3-7,13H2,1-2H3,(H,14,17)(H,15,16). The first-order valence-corrected chi connectivity index (χ1v) is 6.10. The summed E-state index contributed by atoms with van der Waals surface area (Å²) in [5, 5.41) is 11.5. The molecule has 5 nitrogen and oxygen atoms in total. The fourth-order valence-corrected chi connectivity index (χ4v) is 2.32. The lowest BCUT2D eigenvalue weighted by molar-refractivity contribution is -0.139. The fourth-order valence-electron chi connectivity index (χ4n) is 2.32. The highest BCUT2D eigenvalue weighted by molar-refractivity contribution is 5.86. The van der Waals surface area contributed by atoms with E-state index < -0.39 is 12.0 Å². The first-order chi connectivity index (χ1) is 7.83. The lowest BCUT2D eigenvalue weighted by atomic mass is 9.73. The smallest absolute Gasteiger partial charge is 0.305 e. The Kier molecular flexibility index (Phi) is 4.51. The van der Waals surface area contributed by atoms with Gasteiger partial charge in [-0.3, -0.25) is 9.59 Å². The van der Waals surface area contributed by atoms with Gasteiger partial charge in [-0.15, -0.1) is 0 Å². The Morgan fingerprint density at radius 2 is 2.12 bits per heavy atom. The Morgan fingerprint density at radius 3 is 2.65 bits per heavy atom. The van der Waals surface area contributed by atoms with Crippen molar-refractivity contribution in [3.05, 3.63) is 0 Å². The highest BCUT2D eigenvalue weighted by Crippen LogP contribution is 2.35. The van der Waals surface area contributed by atoms with Crippen LogP contribution in [0.1, 0.15) is 46.0 Å². The Morgan fingerprint density at radius 1 is 1.47 bits per heavy atom. The highest BCUT2D eigenvalue weighted by Gasteiger charge is 2.34. The van der Waals surface area contributed by atoms with Crippen LogP contribution in [0.5, 0.6) is 0 Å². The zero-order chi connectivity index (χ0) is 13.1. The number of carboxylic acids is 1. The van der Waals surface area contributed by atoms with Gasteiger partial charge in [0.15, 0.2) is 0 Å². The minimum atomic E-state index is -1.05. The molecule has 0 aromatic carbocycles. The summed E-state index contributed by atoms with van der Waals surface area (Å²) in [5.41, 5.74) is 5.60. The number of carboxylic acid groups (broad SMARTS) is 1. The van der Waals surface area contributed by atoms with Gasteiger partial charge in [-0.05, 0) is 18.3 Å². The van der Waals surface area contributed by atoms with Crippen molar-refractivity contribution in [2.75, 3.05) is 0 Å².